The van der Waals surface area contributed by atoms with Crippen molar-refractivity contribution in [2.75, 3.05) is 24.5 Å². The second-order valence-corrected chi connectivity index (χ2v) is 9.62. The summed E-state index contributed by atoms with van der Waals surface area (Å²) in [6.07, 6.45) is 5.84. The molecule has 5 rings (SSSR count). The van der Waals surface area contributed by atoms with Crippen LogP contribution in [-0.4, -0.2) is 74.7 Å². The molecular weight excluding hydrogens is 430 g/mol. The maximum atomic E-state index is 13.5. The lowest BCUT2D eigenvalue weighted by atomic mass is 9.97. The van der Waals surface area contributed by atoms with E-state index in [1.165, 1.54) is 0 Å². The predicted molar refractivity (Wildman–Crippen MR) is 120 cm³/mol. The van der Waals surface area contributed by atoms with Crippen LogP contribution in [0, 0.1) is 6.92 Å². The van der Waals surface area contributed by atoms with Crippen molar-refractivity contribution in [1.29, 1.82) is 0 Å². The van der Waals surface area contributed by atoms with Crippen molar-refractivity contribution in [2.45, 2.75) is 76.7 Å². The molecule has 5 heterocycles. The van der Waals surface area contributed by atoms with Gasteiger partial charge in [0.15, 0.2) is 5.65 Å². The van der Waals surface area contributed by atoms with E-state index in [0.717, 1.165) is 66.5 Å². The number of halogens is 2. The SMILES string of the molecule is Cc1cn2nc(C3CCCCN3C(=O)C3CC(C)NN3C(F)F)cc2nc1N1CCC(N)C1. The zero-order valence-corrected chi connectivity index (χ0v) is 19.1. The highest BCUT2D eigenvalue weighted by Gasteiger charge is 2.43. The maximum Gasteiger partial charge on any atom is 0.307 e. The minimum atomic E-state index is -2.73. The van der Waals surface area contributed by atoms with E-state index in [0.29, 0.717) is 13.0 Å². The van der Waals surface area contributed by atoms with Crippen molar-refractivity contribution in [2.24, 2.45) is 5.73 Å². The largest absolute Gasteiger partial charge is 0.355 e. The first-order valence-electron chi connectivity index (χ1n) is 11.8. The Morgan fingerprint density at radius 3 is 2.82 bits per heavy atom. The molecule has 3 fully saturated rings. The molecule has 2 aromatic heterocycles. The van der Waals surface area contributed by atoms with Gasteiger partial charge in [0.2, 0.25) is 5.91 Å². The van der Waals surface area contributed by atoms with Crippen molar-refractivity contribution in [3.63, 3.8) is 0 Å². The number of fused-ring (bicyclic) bond motifs is 1. The first kappa shape index (κ1) is 22.4. The van der Waals surface area contributed by atoms with E-state index in [4.69, 9.17) is 15.8 Å². The van der Waals surface area contributed by atoms with Gasteiger partial charge in [0, 0.05) is 49.5 Å². The van der Waals surface area contributed by atoms with E-state index in [1.807, 2.05) is 26.1 Å². The zero-order valence-electron chi connectivity index (χ0n) is 19.1. The number of anilines is 1. The number of aryl methyl sites for hydroxylation is 1. The third-order valence-corrected chi connectivity index (χ3v) is 7.05. The monoisotopic (exact) mass is 462 g/mol. The average Bonchev–Trinajstić information content (AvgIpc) is 3.50. The number of carbonyl (C=O) groups excluding carboxylic acids is 1. The quantitative estimate of drug-likeness (QED) is 0.670. The van der Waals surface area contributed by atoms with Crippen molar-refractivity contribution < 1.29 is 13.6 Å². The van der Waals surface area contributed by atoms with Crippen LogP contribution in [-0.2, 0) is 4.79 Å². The molecule has 1 amide bonds. The topological polar surface area (TPSA) is 95.0 Å². The molecule has 3 N–H and O–H groups in total. The highest BCUT2D eigenvalue weighted by Crippen LogP contribution is 2.34. The van der Waals surface area contributed by atoms with E-state index >= 15 is 0 Å². The first-order valence-corrected chi connectivity index (χ1v) is 11.8. The van der Waals surface area contributed by atoms with Gasteiger partial charge in [0.1, 0.15) is 11.9 Å². The molecule has 9 nitrogen and oxygen atoms in total. The Kier molecular flexibility index (Phi) is 5.96. The van der Waals surface area contributed by atoms with Crippen molar-refractivity contribution in [1.82, 2.24) is 29.9 Å². The van der Waals surface area contributed by atoms with Crippen molar-refractivity contribution >= 4 is 17.4 Å². The summed E-state index contributed by atoms with van der Waals surface area (Å²) in [6.45, 7) is 3.30. The third-order valence-electron chi connectivity index (χ3n) is 7.05. The normalized spacial score (nSPS) is 29.0. The summed E-state index contributed by atoms with van der Waals surface area (Å²) >= 11 is 0. The highest BCUT2D eigenvalue weighted by molar-refractivity contribution is 5.82. The lowest BCUT2D eigenvalue weighted by molar-refractivity contribution is -0.149. The van der Waals surface area contributed by atoms with E-state index in [1.54, 1.807) is 9.42 Å². The lowest BCUT2D eigenvalue weighted by Crippen LogP contribution is -2.52. The zero-order chi connectivity index (χ0) is 23.3. The number of likely N-dealkylation sites (tertiary alicyclic amines) is 1. The van der Waals surface area contributed by atoms with Crippen LogP contribution in [0.3, 0.4) is 0 Å². The maximum absolute atomic E-state index is 13.5. The van der Waals surface area contributed by atoms with Crippen LogP contribution in [0.15, 0.2) is 12.3 Å². The van der Waals surface area contributed by atoms with Crippen LogP contribution in [0.25, 0.3) is 5.65 Å². The van der Waals surface area contributed by atoms with Crippen LogP contribution in [0.2, 0.25) is 0 Å². The van der Waals surface area contributed by atoms with E-state index in [2.05, 4.69) is 10.3 Å². The molecule has 0 saturated carbocycles. The molecule has 3 aliphatic rings. The van der Waals surface area contributed by atoms with E-state index < -0.39 is 12.6 Å². The summed E-state index contributed by atoms with van der Waals surface area (Å²) < 4.78 is 28.8. The van der Waals surface area contributed by atoms with Gasteiger partial charge in [0.25, 0.3) is 0 Å². The summed E-state index contributed by atoms with van der Waals surface area (Å²) in [5, 5.41) is 5.55. The number of hydrogen-bond acceptors (Lipinski definition) is 7. The number of aromatic nitrogens is 3. The van der Waals surface area contributed by atoms with Crippen molar-refractivity contribution in [3.8, 4) is 0 Å². The number of alkyl halides is 2. The van der Waals surface area contributed by atoms with Gasteiger partial charge in [-0.15, -0.1) is 0 Å². The van der Waals surface area contributed by atoms with E-state index in [-0.39, 0.29) is 24.0 Å². The van der Waals surface area contributed by atoms with Crippen LogP contribution >= 0.6 is 0 Å². The standard InChI is InChI=1S/C22H32F2N8O/c1-13-11-31-19(26-20(13)29-8-6-15(25)12-29)10-16(28-31)17-5-3-4-7-30(17)21(33)18-9-14(2)27-32(18)22(23)24/h10-11,14-15,17-18,22,27H,3-9,12,25H2,1-2H3. The number of piperidine rings is 1. The van der Waals surface area contributed by atoms with Crippen LogP contribution in [0.4, 0.5) is 14.6 Å². The molecule has 2 aromatic rings. The molecule has 4 atom stereocenters. The average molecular weight is 463 g/mol. The number of carbonyl (C=O) groups is 1. The van der Waals surface area contributed by atoms with Crippen LogP contribution in [0.5, 0.6) is 0 Å². The summed E-state index contributed by atoms with van der Waals surface area (Å²) in [4.78, 5) is 22.2. The molecule has 3 saturated heterocycles. The van der Waals surface area contributed by atoms with Gasteiger partial charge in [-0.1, -0.05) is 0 Å². The second-order valence-electron chi connectivity index (χ2n) is 9.62. The van der Waals surface area contributed by atoms with Gasteiger partial charge in [-0.05, 0) is 46.0 Å². The molecule has 11 heteroatoms. The molecule has 180 valence electrons. The summed E-state index contributed by atoms with van der Waals surface area (Å²) in [6, 6.07) is 0.799. The predicted octanol–water partition coefficient (Wildman–Crippen LogP) is 1.82. The Labute approximate surface area is 191 Å². The third kappa shape index (κ3) is 4.17. The number of amides is 1. The molecule has 3 aliphatic heterocycles. The fraction of sp³-hybridized carbons (Fsp3) is 0.682. The Balaban J connectivity index is 1.43. The molecule has 0 bridgehead atoms. The summed E-state index contributed by atoms with van der Waals surface area (Å²) in [5.41, 5.74) is 11.3. The molecule has 0 spiro atoms. The van der Waals surface area contributed by atoms with Gasteiger partial charge < -0.3 is 15.5 Å². The molecular formula is C22H32F2N8O. The number of hydrogen-bond donors (Lipinski definition) is 2. The number of hydrazine groups is 1. The minimum Gasteiger partial charge on any atom is -0.355 e. The minimum absolute atomic E-state index is 0.158. The second kappa shape index (κ2) is 8.77. The molecule has 0 aliphatic carbocycles. The van der Waals surface area contributed by atoms with Gasteiger partial charge in [-0.3, -0.25) is 4.79 Å². The van der Waals surface area contributed by atoms with Crippen LogP contribution < -0.4 is 16.1 Å². The Morgan fingerprint density at radius 2 is 2.09 bits per heavy atom. The Hall–Kier alpha value is -2.37. The number of nitrogens with two attached hydrogens (primary N) is 1. The van der Waals surface area contributed by atoms with Crippen LogP contribution in [0.1, 0.15) is 56.3 Å². The highest BCUT2D eigenvalue weighted by atomic mass is 19.3. The Bertz CT molecular complexity index is 1030. The summed E-state index contributed by atoms with van der Waals surface area (Å²) in [7, 11) is 0. The number of rotatable bonds is 4. The molecule has 33 heavy (non-hydrogen) atoms. The fourth-order valence-corrected chi connectivity index (χ4v) is 5.43. The van der Waals surface area contributed by atoms with E-state index in [9.17, 15) is 13.6 Å². The van der Waals surface area contributed by atoms with Gasteiger partial charge in [-0.2, -0.15) is 18.9 Å². The first-order chi connectivity index (χ1) is 15.8. The Morgan fingerprint density at radius 1 is 1.27 bits per heavy atom. The number of nitrogens with zero attached hydrogens (tertiary/aromatic N) is 6. The van der Waals surface area contributed by atoms with Crippen molar-refractivity contribution in [3.05, 3.63) is 23.5 Å². The fourth-order valence-electron chi connectivity index (χ4n) is 5.43. The lowest BCUT2D eigenvalue weighted by Gasteiger charge is -2.37. The number of nitrogens with one attached hydrogen (secondary N) is 1. The molecule has 4 unspecified atom stereocenters. The van der Waals surface area contributed by atoms with Gasteiger partial charge in [-0.25, -0.2) is 14.9 Å². The molecule has 0 radical (unpaired) electrons. The smallest absolute Gasteiger partial charge is 0.307 e. The van der Waals surface area contributed by atoms with Gasteiger partial charge >= 0.3 is 6.55 Å². The summed E-state index contributed by atoms with van der Waals surface area (Å²) in [5.74, 6) is 0.654. The van der Waals surface area contributed by atoms with Gasteiger partial charge in [0.05, 0.1) is 11.7 Å². The molecule has 0 aromatic carbocycles.